The number of nitrogens with one attached hydrogen (secondary N) is 1. The van der Waals surface area contributed by atoms with Gasteiger partial charge in [-0.2, -0.15) is 0 Å². The van der Waals surface area contributed by atoms with Crippen molar-refractivity contribution >= 4 is 11.2 Å². The van der Waals surface area contributed by atoms with Gasteiger partial charge in [0.1, 0.15) is 0 Å². The Balaban J connectivity index is 2.84. The van der Waals surface area contributed by atoms with Crippen LogP contribution >= 0.6 is 0 Å². The van der Waals surface area contributed by atoms with Gasteiger partial charge in [-0.3, -0.25) is 4.57 Å². The van der Waals surface area contributed by atoms with Crippen LogP contribution in [0.25, 0.3) is 11.2 Å². The molecular weight excluding hydrogens is 192 g/mol. The topological polar surface area (TPSA) is 76.7 Å². The lowest BCUT2D eigenvalue weighted by molar-refractivity contribution is 0.593. The van der Waals surface area contributed by atoms with Crippen molar-refractivity contribution in [2.24, 2.45) is 5.73 Å². The third-order valence-electron chi connectivity index (χ3n) is 2.43. The van der Waals surface area contributed by atoms with Gasteiger partial charge in [-0.05, 0) is 25.5 Å². The number of aromatic amines is 1. The van der Waals surface area contributed by atoms with Crippen LogP contribution in [0.3, 0.4) is 0 Å². The molecule has 0 saturated heterocycles. The van der Waals surface area contributed by atoms with Crippen molar-refractivity contribution in [3.63, 3.8) is 0 Å². The summed E-state index contributed by atoms with van der Waals surface area (Å²) >= 11 is 0. The van der Waals surface area contributed by atoms with E-state index in [2.05, 4.69) is 9.97 Å². The van der Waals surface area contributed by atoms with E-state index in [0.717, 1.165) is 11.1 Å². The summed E-state index contributed by atoms with van der Waals surface area (Å²) in [4.78, 5) is 18.7. The molecule has 0 fully saturated rings. The number of aromatic nitrogens is 3. The van der Waals surface area contributed by atoms with Gasteiger partial charge in [-0.1, -0.05) is 0 Å². The van der Waals surface area contributed by atoms with Crippen molar-refractivity contribution in [2.75, 3.05) is 0 Å². The van der Waals surface area contributed by atoms with E-state index in [1.54, 1.807) is 10.8 Å². The summed E-state index contributed by atoms with van der Waals surface area (Å²) in [5.41, 5.74) is 7.80. The normalized spacial score (nSPS) is 11.5. The van der Waals surface area contributed by atoms with E-state index >= 15 is 0 Å². The van der Waals surface area contributed by atoms with Gasteiger partial charge < -0.3 is 10.7 Å². The largest absolute Gasteiger partial charge is 0.327 e. The molecule has 2 heterocycles. The Bertz CT molecular complexity index is 538. The second-order valence-corrected chi connectivity index (χ2v) is 3.77. The smallest absolute Gasteiger partial charge is 0.326 e. The molecule has 0 aliphatic carbocycles. The van der Waals surface area contributed by atoms with E-state index in [1.165, 1.54) is 0 Å². The van der Waals surface area contributed by atoms with Gasteiger partial charge in [0.2, 0.25) is 0 Å². The molecule has 0 amide bonds. The molecule has 0 aliphatic heterocycles. The summed E-state index contributed by atoms with van der Waals surface area (Å²) in [6.07, 6.45) is 1.68. The first-order valence-electron chi connectivity index (χ1n) is 4.93. The highest BCUT2D eigenvalue weighted by molar-refractivity contribution is 5.74. The van der Waals surface area contributed by atoms with Crippen LogP contribution in [0.15, 0.2) is 17.1 Å². The zero-order valence-corrected chi connectivity index (χ0v) is 8.82. The van der Waals surface area contributed by atoms with Crippen LogP contribution in [0, 0.1) is 0 Å². The summed E-state index contributed by atoms with van der Waals surface area (Å²) in [5.74, 6) is 0. The Morgan fingerprint density at radius 3 is 2.93 bits per heavy atom. The summed E-state index contributed by atoms with van der Waals surface area (Å²) in [5, 5.41) is 0. The summed E-state index contributed by atoms with van der Waals surface area (Å²) in [7, 11) is 0. The van der Waals surface area contributed by atoms with Crippen molar-refractivity contribution < 1.29 is 0 Å². The molecule has 2 rings (SSSR count). The first-order chi connectivity index (χ1) is 7.15. The van der Waals surface area contributed by atoms with Crippen molar-refractivity contribution in [2.45, 2.75) is 26.4 Å². The number of nitrogens with two attached hydrogens (primary N) is 1. The van der Waals surface area contributed by atoms with E-state index in [4.69, 9.17) is 5.73 Å². The number of hydrogen-bond acceptors (Lipinski definition) is 3. The van der Waals surface area contributed by atoms with E-state index in [9.17, 15) is 4.79 Å². The number of hydrogen-bond donors (Lipinski definition) is 2. The molecule has 2 aromatic heterocycles. The van der Waals surface area contributed by atoms with E-state index in [-0.39, 0.29) is 11.7 Å². The fourth-order valence-electron chi connectivity index (χ4n) is 1.72. The molecule has 0 unspecified atom stereocenters. The van der Waals surface area contributed by atoms with Gasteiger partial charge >= 0.3 is 5.69 Å². The maximum atomic E-state index is 11.7. The second-order valence-electron chi connectivity index (χ2n) is 3.77. The van der Waals surface area contributed by atoms with Crippen LogP contribution in [-0.4, -0.2) is 14.5 Å². The first-order valence-corrected chi connectivity index (χ1v) is 4.93. The Hall–Kier alpha value is -1.62. The number of H-pyrrole nitrogens is 1. The molecule has 0 spiro atoms. The average Bonchev–Trinajstić information content (AvgIpc) is 2.53. The molecule has 5 heteroatoms. The minimum absolute atomic E-state index is 0.0896. The van der Waals surface area contributed by atoms with Crippen LogP contribution in [0.1, 0.15) is 25.5 Å². The van der Waals surface area contributed by atoms with Crippen LogP contribution in [-0.2, 0) is 6.54 Å². The van der Waals surface area contributed by atoms with E-state index < -0.39 is 0 Å². The maximum absolute atomic E-state index is 11.7. The lowest BCUT2D eigenvalue weighted by Crippen LogP contribution is -2.18. The fourth-order valence-corrected chi connectivity index (χ4v) is 1.72. The molecule has 0 saturated carbocycles. The Kier molecular flexibility index (Phi) is 2.32. The van der Waals surface area contributed by atoms with Crippen molar-refractivity contribution in [3.05, 3.63) is 28.3 Å². The Labute approximate surface area is 86.9 Å². The lowest BCUT2D eigenvalue weighted by Gasteiger charge is -2.05. The number of imidazole rings is 1. The van der Waals surface area contributed by atoms with Crippen LogP contribution in [0.4, 0.5) is 0 Å². The van der Waals surface area contributed by atoms with Gasteiger partial charge in [-0.25, -0.2) is 9.78 Å². The van der Waals surface area contributed by atoms with Crippen LogP contribution in [0.5, 0.6) is 0 Å². The van der Waals surface area contributed by atoms with Gasteiger partial charge in [0.05, 0.1) is 5.52 Å². The third-order valence-corrected chi connectivity index (χ3v) is 2.43. The highest BCUT2D eigenvalue weighted by Gasteiger charge is 2.12. The first kappa shape index (κ1) is 9.92. The summed E-state index contributed by atoms with van der Waals surface area (Å²) in [6.45, 7) is 4.30. The predicted molar refractivity (Wildman–Crippen MR) is 58.6 cm³/mol. The minimum Gasteiger partial charge on any atom is -0.326 e. The molecule has 0 atom stereocenters. The summed E-state index contributed by atoms with van der Waals surface area (Å²) in [6, 6.07) is 1.91. The van der Waals surface area contributed by atoms with Crippen molar-refractivity contribution in [1.29, 1.82) is 0 Å². The number of nitrogens with zero attached hydrogens (tertiary/aromatic N) is 2. The molecule has 0 radical (unpaired) electrons. The highest BCUT2D eigenvalue weighted by Crippen LogP contribution is 2.15. The standard InChI is InChI=1S/C10H14N4O/c1-6(2)14-9-8(13-10(14)15)7(5-11)3-4-12-9/h3-4,6H,5,11H2,1-2H3,(H,13,15). The molecule has 0 aliphatic rings. The number of pyridine rings is 1. The van der Waals surface area contributed by atoms with Crippen molar-refractivity contribution in [1.82, 2.24) is 14.5 Å². The average molecular weight is 206 g/mol. The molecule has 5 nitrogen and oxygen atoms in total. The predicted octanol–water partition coefficient (Wildman–Crippen LogP) is 0.764. The van der Waals surface area contributed by atoms with E-state index in [0.29, 0.717) is 12.2 Å². The van der Waals surface area contributed by atoms with Crippen LogP contribution in [0.2, 0.25) is 0 Å². The fraction of sp³-hybridized carbons (Fsp3) is 0.400. The lowest BCUT2D eigenvalue weighted by atomic mass is 10.2. The SMILES string of the molecule is CC(C)n1c(=O)[nH]c2c(CN)ccnc21. The number of fused-ring (bicyclic) bond motifs is 1. The third kappa shape index (κ3) is 1.45. The Morgan fingerprint density at radius 1 is 1.60 bits per heavy atom. The van der Waals surface area contributed by atoms with Gasteiger partial charge in [-0.15, -0.1) is 0 Å². The highest BCUT2D eigenvalue weighted by atomic mass is 16.1. The molecule has 0 bridgehead atoms. The van der Waals surface area contributed by atoms with Crippen molar-refractivity contribution in [3.8, 4) is 0 Å². The Morgan fingerprint density at radius 2 is 2.33 bits per heavy atom. The zero-order chi connectivity index (χ0) is 11.0. The van der Waals surface area contributed by atoms with E-state index in [1.807, 2.05) is 19.9 Å². The number of rotatable bonds is 2. The minimum atomic E-state index is -0.131. The quantitative estimate of drug-likeness (QED) is 0.761. The van der Waals surface area contributed by atoms with Gasteiger partial charge in [0.25, 0.3) is 0 Å². The molecular formula is C10H14N4O. The molecule has 3 N–H and O–H groups in total. The van der Waals surface area contributed by atoms with Gasteiger partial charge in [0.15, 0.2) is 5.65 Å². The summed E-state index contributed by atoms with van der Waals surface area (Å²) < 4.78 is 1.63. The molecule has 2 aromatic rings. The molecule has 80 valence electrons. The second kappa shape index (κ2) is 3.51. The van der Waals surface area contributed by atoms with Gasteiger partial charge in [0, 0.05) is 18.8 Å². The molecule has 15 heavy (non-hydrogen) atoms. The molecule has 0 aromatic carbocycles. The maximum Gasteiger partial charge on any atom is 0.327 e. The zero-order valence-electron chi connectivity index (χ0n) is 8.82. The van der Waals surface area contributed by atoms with Crippen LogP contribution < -0.4 is 11.4 Å². The monoisotopic (exact) mass is 206 g/mol.